The molecule has 0 unspecified atom stereocenters. The molecule has 5 heteroatoms. The number of carbonyl (C=O) groups excluding carboxylic acids is 1. The van der Waals surface area contributed by atoms with Crippen LogP contribution in [0.25, 0.3) is 0 Å². The second-order valence-corrected chi connectivity index (χ2v) is 6.49. The number of nitrogens with one attached hydrogen (secondary N) is 1. The highest BCUT2D eigenvalue weighted by atomic mass is 16.5. The quantitative estimate of drug-likeness (QED) is 0.764. The summed E-state index contributed by atoms with van der Waals surface area (Å²) >= 11 is 0. The lowest BCUT2D eigenvalue weighted by Gasteiger charge is -2.15. The van der Waals surface area contributed by atoms with E-state index < -0.39 is 0 Å². The van der Waals surface area contributed by atoms with Crippen LogP contribution in [0.5, 0.6) is 5.75 Å². The Hall–Kier alpha value is -3.08. The summed E-state index contributed by atoms with van der Waals surface area (Å²) in [5.41, 5.74) is 3.80. The normalized spacial score (nSPS) is 13.7. The molecule has 1 aromatic heterocycles. The van der Waals surface area contributed by atoms with Crippen molar-refractivity contribution in [1.29, 1.82) is 0 Å². The van der Waals surface area contributed by atoms with Crippen molar-refractivity contribution >= 4 is 5.91 Å². The molecular weight excluding hydrogens is 328 g/mol. The topological polar surface area (TPSA) is 64.4 Å². The van der Waals surface area contributed by atoms with Crippen molar-refractivity contribution < 1.29 is 14.1 Å². The first kappa shape index (κ1) is 16.4. The van der Waals surface area contributed by atoms with Crippen LogP contribution in [0.15, 0.2) is 59.3 Å². The number of nitrogens with zero attached hydrogens (tertiary/aromatic N) is 1. The van der Waals surface area contributed by atoms with Crippen molar-refractivity contribution in [2.45, 2.75) is 25.8 Å². The number of fused-ring (bicyclic) bond motifs is 1. The maximum Gasteiger partial charge on any atom is 0.257 e. The lowest BCUT2D eigenvalue weighted by molar-refractivity contribution is 0.0938. The molecule has 2 heterocycles. The third kappa shape index (κ3) is 3.33. The van der Waals surface area contributed by atoms with Gasteiger partial charge in [-0.15, -0.1) is 0 Å². The summed E-state index contributed by atoms with van der Waals surface area (Å²) < 4.78 is 10.8. The maximum absolute atomic E-state index is 12.7. The van der Waals surface area contributed by atoms with E-state index in [1.54, 1.807) is 0 Å². The van der Waals surface area contributed by atoms with Crippen molar-refractivity contribution in [3.8, 4) is 5.75 Å². The Balaban J connectivity index is 1.47. The molecule has 26 heavy (non-hydrogen) atoms. The van der Waals surface area contributed by atoms with Crippen molar-refractivity contribution in [3.63, 3.8) is 0 Å². The van der Waals surface area contributed by atoms with Crippen LogP contribution in [0, 0.1) is 0 Å². The van der Waals surface area contributed by atoms with Gasteiger partial charge >= 0.3 is 0 Å². The zero-order chi connectivity index (χ0) is 17.9. The lowest BCUT2D eigenvalue weighted by Crippen LogP contribution is -2.27. The van der Waals surface area contributed by atoms with Gasteiger partial charge in [0.05, 0.1) is 18.8 Å². The van der Waals surface area contributed by atoms with Gasteiger partial charge in [0.2, 0.25) is 0 Å². The number of aromatic nitrogens is 1. The lowest BCUT2D eigenvalue weighted by atomic mass is 10.0. The van der Waals surface area contributed by atoms with Gasteiger partial charge in [-0.3, -0.25) is 4.79 Å². The molecule has 1 atom stereocenters. The summed E-state index contributed by atoms with van der Waals surface area (Å²) in [6.07, 6.45) is 2.93. The minimum Gasteiger partial charge on any atom is -0.493 e. The molecule has 3 aromatic rings. The van der Waals surface area contributed by atoms with Crippen LogP contribution in [0.4, 0.5) is 0 Å². The first-order valence-corrected chi connectivity index (χ1v) is 8.74. The molecule has 1 aliphatic heterocycles. The minimum absolute atomic E-state index is 0.118. The largest absolute Gasteiger partial charge is 0.493 e. The summed E-state index contributed by atoms with van der Waals surface area (Å²) in [6, 6.07) is 15.8. The summed E-state index contributed by atoms with van der Waals surface area (Å²) in [7, 11) is 0. The van der Waals surface area contributed by atoms with Crippen molar-refractivity contribution in [3.05, 3.63) is 82.7 Å². The molecule has 5 nitrogen and oxygen atoms in total. The van der Waals surface area contributed by atoms with E-state index in [9.17, 15) is 4.79 Å². The van der Waals surface area contributed by atoms with Gasteiger partial charge in [0.25, 0.3) is 5.91 Å². The van der Waals surface area contributed by atoms with Gasteiger partial charge in [0.1, 0.15) is 11.3 Å². The summed E-state index contributed by atoms with van der Waals surface area (Å²) in [4.78, 5) is 12.7. The standard InChI is InChI=1S/C21H20N2O3/c1-14(16-7-8-19-17(12-16)9-10-25-19)23-21(24)18-13-22-26-20(18)11-15-5-3-2-4-6-15/h2-8,12-14H,9-11H2,1H3,(H,23,24)/t14-/m1/s1. The molecule has 1 aliphatic rings. The fourth-order valence-electron chi connectivity index (χ4n) is 3.19. The third-order valence-electron chi connectivity index (χ3n) is 4.66. The Morgan fingerprint density at radius 1 is 1.23 bits per heavy atom. The average molecular weight is 348 g/mol. The highest BCUT2D eigenvalue weighted by Crippen LogP contribution is 2.28. The van der Waals surface area contributed by atoms with Gasteiger partial charge in [-0.1, -0.05) is 41.6 Å². The van der Waals surface area contributed by atoms with Crippen LogP contribution in [-0.4, -0.2) is 17.7 Å². The van der Waals surface area contributed by atoms with Crippen LogP contribution in [0.3, 0.4) is 0 Å². The second-order valence-electron chi connectivity index (χ2n) is 6.49. The average Bonchev–Trinajstić information content (AvgIpc) is 3.30. The van der Waals surface area contributed by atoms with E-state index in [1.165, 1.54) is 11.8 Å². The van der Waals surface area contributed by atoms with Crippen molar-refractivity contribution in [2.24, 2.45) is 0 Å². The van der Waals surface area contributed by atoms with Gasteiger partial charge in [0, 0.05) is 12.8 Å². The first-order valence-electron chi connectivity index (χ1n) is 8.74. The molecule has 4 rings (SSSR count). The SMILES string of the molecule is C[C@@H](NC(=O)c1cnoc1Cc1ccccc1)c1ccc2c(c1)CCO2. The molecule has 132 valence electrons. The molecule has 1 N–H and O–H groups in total. The Morgan fingerprint density at radius 2 is 2.08 bits per heavy atom. The smallest absolute Gasteiger partial charge is 0.257 e. The Kier molecular flexibility index (Phi) is 4.44. The zero-order valence-electron chi connectivity index (χ0n) is 14.6. The number of benzene rings is 2. The van der Waals surface area contributed by atoms with Gasteiger partial charge in [-0.05, 0) is 35.7 Å². The van der Waals surface area contributed by atoms with E-state index in [2.05, 4.69) is 16.5 Å². The highest BCUT2D eigenvalue weighted by molar-refractivity contribution is 5.95. The van der Waals surface area contributed by atoms with Crippen molar-refractivity contribution in [1.82, 2.24) is 10.5 Å². The van der Waals surface area contributed by atoms with Crippen LogP contribution < -0.4 is 10.1 Å². The Bertz CT molecular complexity index is 918. The molecule has 1 amide bonds. The van der Waals surface area contributed by atoms with Crippen LogP contribution in [-0.2, 0) is 12.8 Å². The number of ether oxygens (including phenoxy) is 1. The summed E-state index contributed by atoms with van der Waals surface area (Å²) in [6.45, 7) is 2.70. The molecule has 0 bridgehead atoms. The summed E-state index contributed by atoms with van der Waals surface area (Å²) in [5.74, 6) is 1.33. The monoisotopic (exact) mass is 348 g/mol. The van der Waals surface area contributed by atoms with Gasteiger partial charge in [-0.2, -0.15) is 0 Å². The van der Waals surface area contributed by atoms with Crippen molar-refractivity contribution in [2.75, 3.05) is 6.61 Å². The van der Waals surface area contributed by atoms with Gasteiger partial charge < -0.3 is 14.6 Å². The second kappa shape index (κ2) is 7.04. The molecular formula is C21H20N2O3. The van der Waals surface area contributed by atoms with Gasteiger partial charge in [-0.25, -0.2) is 0 Å². The number of hydrogen-bond acceptors (Lipinski definition) is 4. The molecule has 0 saturated carbocycles. The Labute approximate surface area is 152 Å². The first-order chi connectivity index (χ1) is 12.7. The number of rotatable bonds is 5. The Morgan fingerprint density at radius 3 is 2.92 bits per heavy atom. The predicted octanol–water partition coefficient (Wildman–Crippen LogP) is 3.69. The van der Waals surface area contributed by atoms with E-state index in [4.69, 9.17) is 9.26 Å². The molecule has 0 radical (unpaired) electrons. The molecule has 0 spiro atoms. The molecule has 0 aliphatic carbocycles. The van der Waals surface area contributed by atoms with Crippen LogP contribution in [0.2, 0.25) is 0 Å². The maximum atomic E-state index is 12.7. The van der Waals surface area contributed by atoms with Crippen LogP contribution in [0.1, 0.15) is 45.8 Å². The van der Waals surface area contributed by atoms with E-state index in [0.29, 0.717) is 17.7 Å². The van der Waals surface area contributed by atoms with E-state index in [-0.39, 0.29) is 11.9 Å². The van der Waals surface area contributed by atoms with Gasteiger partial charge in [0.15, 0.2) is 5.76 Å². The number of hydrogen-bond donors (Lipinski definition) is 1. The highest BCUT2D eigenvalue weighted by Gasteiger charge is 2.20. The van der Waals surface area contributed by atoms with Crippen LogP contribution >= 0.6 is 0 Å². The summed E-state index contributed by atoms with van der Waals surface area (Å²) in [5, 5.41) is 6.85. The fourth-order valence-corrected chi connectivity index (χ4v) is 3.19. The third-order valence-corrected chi connectivity index (χ3v) is 4.66. The predicted molar refractivity (Wildman–Crippen MR) is 97.3 cm³/mol. The van der Waals surface area contributed by atoms with E-state index in [1.807, 2.05) is 49.4 Å². The zero-order valence-corrected chi connectivity index (χ0v) is 14.6. The van der Waals surface area contributed by atoms with E-state index >= 15 is 0 Å². The fraction of sp³-hybridized carbons (Fsp3) is 0.238. The number of carbonyl (C=O) groups is 1. The molecule has 0 fully saturated rings. The number of amides is 1. The molecule has 2 aromatic carbocycles. The van der Waals surface area contributed by atoms with E-state index in [0.717, 1.165) is 29.9 Å². The molecule has 0 saturated heterocycles. The minimum atomic E-state index is -0.179.